The number of anilines is 2. The number of nitrogens with two attached hydrogens (primary N) is 1. The van der Waals surface area contributed by atoms with E-state index in [1.807, 2.05) is 0 Å². The average molecular weight is 375 g/mol. The van der Waals surface area contributed by atoms with E-state index in [0.717, 1.165) is 11.3 Å². The lowest BCUT2D eigenvalue weighted by molar-refractivity contribution is -0.126. The summed E-state index contributed by atoms with van der Waals surface area (Å²) in [5.41, 5.74) is 5.92. The lowest BCUT2D eigenvalue weighted by Crippen LogP contribution is -2.38. The molecule has 25 heavy (non-hydrogen) atoms. The molecule has 0 aliphatic heterocycles. The number of aliphatic hydroxyl groups excluding tert-OH is 1. The number of likely N-dealkylation sites (N-methyl/N-ethyl adjacent to an activating group) is 1. The van der Waals surface area contributed by atoms with Gasteiger partial charge in [0.25, 0.3) is 0 Å². The van der Waals surface area contributed by atoms with E-state index in [0.29, 0.717) is 34.8 Å². The smallest absolute Gasteiger partial charge is 0.391 e. The van der Waals surface area contributed by atoms with Crippen molar-refractivity contribution in [3.8, 4) is 0 Å². The van der Waals surface area contributed by atoms with Crippen molar-refractivity contribution in [3.05, 3.63) is 10.9 Å². The SMILES string of the molecule is CNc1nc(N(C)C2CC(N)CC2O)c2cc(CC(F)(F)F)sc2n1. The van der Waals surface area contributed by atoms with Gasteiger partial charge in [0.1, 0.15) is 10.6 Å². The summed E-state index contributed by atoms with van der Waals surface area (Å²) in [5, 5.41) is 13.6. The zero-order chi connectivity index (χ0) is 18.4. The van der Waals surface area contributed by atoms with Gasteiger partial charge in [0.15, 0.2) is 0 Å². The van der Waals surface area contributed by atoms with Crippen molar-refractivity contribution in [2.24, 2.45) is 5.73 Å². The van der Waals surface area contributed by atoms with Gasteiger partial charge in [0, 0.05) is 25.0 Å². The van der Waals surface area contributed by atoms with Crippen LogP contribution in [0.25, 0.3) is 10.2 Å². The van der Waals surface area contributed by atoms with Crippen LogP contribution < -0.4 is 16.0 Å². The number of rotatable bonds is 4. The molecular weight excluding hydrogens is 355 g/mol. The van der Waals surface area contributed by atoms with Crippen molar-refractivity contribution in [2.45, 2.75) is 43.6 Å². The van der Waals surface area contributed by atoms with E-state index in [2.05, 4.69) is 15.3 Å². The summed E-state index contributed by atoms with van der Waals surface area (Å²) in [7, 11) is 3.42. The fourth-order valence-corrected chi connectivity index (χ4v) is 4.28. The summed E-state index contributed by atoms with van der Waals surface area (Å²) in [6.07, 6.45) is -4.79. The molecule has 0 amide bonds. The highest BCUT2D eigenvalue weighted by Crippen LogP contribution is 2.36. The van der Waals surface area contributed by atoms with Crippen molar-refractivity contribution in [2.75, 3.05) is 24.3 Å². The Labute approximate surface area is 146 Å². The van der Waals surface area contributed by atoms with Crippen LogP contribution >= 0.6 is 11.3 Å². The summed E-state index contributed by atoms with van der Waals surface area (Å²) < 4.78 is 38.1. The molecule has 1 fully saturated rings. The first-order chi connectivity index (χ1) is 11.7. The van der Waals surface area contributed by atoms with E-state index in [1.54, 1.807) is 19.0 Å². The van der Waals surface area contributed by atoms with Gasteiger partial charge in [0.2, 0.25) is 5.95 Å². The molecule has 1 aliphatic rings. The number of aliphatic hydroxyl groups is 1. The van der Waals surface area contributed by atoms with Gasteiger partial charge >= 0.3 is 6.18 Å². The fourth-order valence-electron chi connectivity index (χ4n) is 3.23. The monoisotopic (exact) mass is 375 g/mol. The molecular formula is C15H20F3N5OS. The molecule has 0 saturated heterocycles. The minimum absolute atomic E-state index is 0.105. The quantitative estimate of drug-likeness (QED) is 0.759. The predicted octanol–water partition coefficient (Wildman–Crippen LogP) is 2.12. The van der Waals surface area contributed by atoms with Crippen LogP contribution in [0, 0.1) is 0 Å². The molecule has 0 radical (unpaired) electrons. The molecule has 4 N–H and O–H groups in total. The molecule has 2 aromatic heterocycles. The van der Waals surface area contributed by atoms with Gasteiger partial charge in [-0.15, -0.1) is 11.3 Å². The van der Waals surface area contributed by atoms with Crippen LogP contribution in [-0.4, -0.2) is 53.5 Å². The summed E-state index contributed by atoms with van der Waals surface area (Å²) in [5.74, 6) is 0.823. The standard InChI is InChI=1S/C15H20F3N5OS/c1-20-14-21-12(23(2)10-3-7(19)4-11(10)24)9-5-8(6-15(16,17)18)25-13(9)22-14/h5,7,10-11,24H,3-4,6,19H2,1-2H3,(H,20,21,22). The molecule has 2 aromatic rings. The molecule has 10 heteroatoms. The molecule has 3 rings (SSSR count). The summed E-state index contributed by atoms with van der Waals surface area (Å²) in [6.45, 7) is 0. The highest BCUT2D eigenvalue weighted by Gasteiger charge is 2.35. The number of hydrogen-bond donors (Lipinski definition) is 3. The number of fused-ring (bicyclic) bond motifs is 1. The Morgan fingerprint density at radius 2 is 2.12 bits per heavy atom. The second-order valence-electron chi connectivity index (χ2n) is 6.32. The van der Waals surface area contributed by atoms with E-state index < -0.39 is 18.7 Å². The van der Waals surface area contributed by atoms with Gasteiger partial charge in [-0.1, -0.05) is 0 Å². The summed E-state index contributed by atoms with van der Waals surface area (Å²) in [4.78, 5) is 11.1. The van der Waals surface area contributed by atoms with Crippen molar-refractivity contribution in [3.63, 3.8) is 0 Å². The number of hydrogen-bond acceptors (Lipinski definition) is 7. The molecule has 0 bridgehead atoms. The summed E-state index contributed by atoms with van der Waals surface area (Å²) in [6, 6.07) is 1.15. The van der Waals surface area contributed by atoms with E-state index in [4.69, 9.17) is 5.73 Å². The topological polar surface area (TPSA) is 87.3 Å². The number of halogens is 3. The molecule has 6 nitrogen and oxygen atoms in total. The number of thiophene rings is 1. The van der Waals surface area contributed by atoms with Gasteiger partial charge in [0.05, 0.1) is 24.0 Å². The van der Waals surface area contributed by atoms with Crippen molar-refractivity contribution in [1.29, 1.82) is 0 Å². The zero-order valence-corrected chi connectivity index (χ0v) is 14.7. The van der Waals surface area contributed by atoms with Crippen LogP contribution in [0.5, 0.6) is 0 Å². The summed E-state index contributed by atoms with van der Waals surface area (Å²) >= 11 is 1.00. The molecule has 3 unspecified atom stereocenters. The molecule has 0 spiro atoms. The fraction of sp³-hybridized carbons (Fsp3) is 0.600. The Morgan fingerprint density at radius 3 is 2.68 bits per heavy atom. The van der Waals surface area contributed by atoms with Crippen LogP contribution in [0.2, 0.25) is 0 Å². The molecule has 2 heterocycles. The molecule has 138 valence electrons. The van der Waals surface area contributed by atoms with E-state index in [9.17, 15) is 18.3 Å². The van der Waals surface area contributed by atoms with Gasteiger partial charge in [-0.2, -0.15) is 18.2 Å². The van der Waals surface area contributed by atoms with Crippen molar-refractivity contribution < 1.29 is 18.3 Å². The lowest BCUT2D eigenvalue weighted by Gasteiger charge is -2.28. The van der Waals surface area contributed by atoms with Gasteiger partial charge in [-0.05, 0) is 18.9 Å². The third-order valence-electron chi connectivity index (χ3n) is 4.39. The second-order valence-corrected chi connectivity index (χ2v) is 7.44. The largest absolute Gasteiger partial charge is 0.393 e. The van der Waals surface area contributed by atoms with Crippen molar-refractivity contribution >= 4 is 33.3 Å². The Bertz CT molecular complexity index is 765. The molecule has 0 aromatic carbocycles. The maximum absolute atomic E-state index is 12.7. The number of nitrogens with one attached hydrogen (secondary N) is 1. The highest BCUT2D eigenvalue weighted by molar-refractivity contribution is 7.18. The Balaban J connectivity index is 2.03. The average Bonchev–Trinajstić information content (AvgIpc) is 3.05. The number of nitrogens with zero attached hydrogens (tertiary/aromatic N) is 3. The first-order valence-corrected chi connectivity index (χ1v) is 8.71. The van der Waals surface area contributed by atoms with Crippen LogP contribution in [0.15, 0.2) is 6.07 Å². The lowest BCUT2D eigenvalue weighted by atomic mass is 10.1. The maximum atomic E-state index is 12.7. The minimum atomic E-state index is -4.28. The van der Waals surface area contributed by atoms with E-state index in [-0.39, 0.29) is 17.0 Å². The second kappa shape index (κ2) is 6.58. The Kier molecular flexibility index (Phi) is 4.78. The van der Waals surface area contributed by atoms with Crippen LogP contribution in [0.1, 0.15) is 17.7 Å². The highest BCUT2D eigenvalue weighted by atomic mass is 32.1. The molecule has 1 saturated carbocycles. The Hall–Kier alpha value is -1.65. The first kappa shape index (κ1) is 18.2. The normalized spacial score (nSPS) is 24.0. The van der Waals surface area contributed by atoms with Crippen molar-refractivity contribution in [1.82, 2.24) is 9.97 Å². The van der Waals surface area contributed by atoms with Crippen LogP contribution in [-0.2, 0) is 6.42 Å². The third kappa shape index (κ3) is 3.80. The predicted molar refractivity (Wildman–Crippen MR) is 92.1 cm³/mol. The van der Waals surface area contributed by atoms with Gasteiger partial charge in [-0.25, -0.2) is 4.98 Å². The van der Waals surface area contributed by atoms with E-state index in [1.165, 1.54) is 6.07 Å². The van der Waals surface area contributed by atoms with Crippen LogP contribution in [0.4, 0.5) is 24.9 Å². The first-order valence-electron chi connectivity index (χ1n) is 7.89. The molecule has 3 atom stereocenters. The third-order valence-corrected chi connectivity index (χ3v) is 5.42. The van der Waals surface area contributed by atoms with Gasteiger partial charge < -0.3 is 21.1 Å². The number of alkyl halides is 3. The van der Waals surface area contributed by atoms with Gasteiger partial charge in [-0.3, -0.25) is 0 Å². The Morgan fingerprint density at radius 1 is 1.40 bits per heavy atom. The number of aromatic nitrogens is 2. The zero-order valence-electron chi connectivity index (χ0n) is 13.8. The minimum Gasteiger partial charge on any atom is -0.391 e. The van der Waals surface area contributed by atoms with Crippen LogP contribution in [0.3, 0.4) is 0 Å². The maximum Gasteiger partial charge on any atom is 0.393 e. The molecule has 1 aliphatic carbocycles. The van der Waals surface area contributed by atoms with E-state index >= 15 is 0 Å².